The molecule has 0 radical (unpaired) electrons. The number of amides is 1. The first kappa shape index (κ1) is 19.5. The van der Waals surface area contributed by atoms with Crippen molar-refractivity contribution in [3.8, 4) is 0 Å². The van der Waals surface area contributed by atoms with Crippen LogP contribution in [-0.4, -0.2) is 32.6 Å². The predicted octanol–water partition coefficient (Wildman–Crippen LogP) is 3.57. The molecule has 0 spiro atoms. The Hall–Kier alpha value is -2.82. The molecule has 0 aromatic heterocycles. The molecule has 26 heavy (non-hydrogen) atoms. The third kappa shape index (κ3) is 5.62. The van der Waals surface area contributed by atoms with E-state index in [1.165, 1.54) is 0 Å². The van der Waals surface area contributed by atoms with Gasteiger partial charge in [0.15, 0.2) is 6.61 Å². The molecule has 2 aromatic rings. The van der Waals surface area contributed by atoms with Crippen LogP contribution < -0.4 is 10.2 Å². The Bertz CT molecular complexity index is 712. The SMILES string of the molecule is CCCC(NC(=O)COC(=O)c1ccc(N(C)C)cc1)c1ccccc1. The normalized spacial score (nSPS) is 11.5. The molecule has 138 valence electrons. The number of benzene rings is 2. The Labute approximate surface area is 155 Å². The largest absolute Gasteiger partial charge is 0.452 e. The van der Waals surface area contributed by atoms with Crippen molar-refractivity contribution < 1.29 is 14.3 Å². The Morgan fingerprint density at radius 3 is 2.27 bits per heavy atom. The second kappa shape index (κ2) is 9.61. The quantitative estimate of drug-likeness (QED) is 0.736. The van der Waals surface area contributed by atoms with E-state index in [0.717, 1.165) is 24.1 Å². The van der Waals surface area contributed by atoms with E-state index < -0.39 is 5.97 Å². The van der Waals surface area contributed by atoms with Gasteiger partial charge in [0.05, 0.1) is 11.6 Å². The van der Waals surface area contributed by atoms with Gasteiger partial charge in [0, 0.05) is 19.8 Å². The Kier molecular flexibility index (Phi) is 7.21. The van der Waals surface area contributed by atoms with Crippen molar-refractivity contribution >= 4 is 17.6 Å². The lowest BCUT2D eigenvalue weighted by atomic mass is 10.0. The lowest BCUT2D eigenvalue weighted by Gasteiger charge is -2.18. The summed E-state index contributed by atoms with van der Waals surface area (Å²) in [5.41, 5.74) is 2.47. The summed E-state index contributed by atoms with van der Waals surface area (Å²) in [5.74, 6) is -0.803. The van der Waals surface area contributed by atoms with Gasteiger partial charge in [-0.2, -0.15) is 0 Å². The van der Waals surface area contributed by atoms with Crippen LogP contribution in [0.3, 0.4) is 0 Å². The fourth-order valence-corrected chi connectivity index (χ4v) is 2.64. The van der Waals surface area contributed by atoms with Crippen molar-refractivity contribution in [1.82, 2.24) is 5.32 Å². The van der Waals surface area contributed by atoms with Gasteiger partial charge >= 0.3 is 5.97 Å². The first-order valence-corrected chi connectivity index (χ1v) is 8.80. The zero-order valence-corrected chi connectivity index (χ0v) is 15.6. The van der Waals surface area contributed by atoms with E-state index in [1.807, 2.05) is 61.5 Å². The van der Waals surface area contributed by atoms with E-state index >= 15 is 0 Å². The zero-order chi connectivity index (χ0) is 18.9. The molecule has 0 aliphatic heterocycles. The summed E-state index contributed by atoms with van der Waals surface area (Å²) in [6.45, 7) is 1.78. The highest BCUT2D eigenvalue weighted by molar-refractivity contribution is 5.91. The zero-order valence-electron chi connectivity index (χ0n) is 15.6. The van der Waals surface area contributed by atoms with E-state index in [-0.39, 0.29) is 18.6 Å². The van der Waals surface area contributed by atoms with Crippen LogP contribution in [-0.2, 0) is 9.53 Å². The fraction of sp³-hybridized carbons (Fsp3) is 0.333. The second-order valence-electron chi connectivity index (χ2n) is 6.34. The van der Waals surface area contributed by atoms with Crippen molar-refractivity contribution in [3.63, 3.8) is 0 Å². The summed E-state index contributed by atoms with van der Waals surface area (Å²) in [5, 5.41) is 2.94. The van der Waals surface area contributed by atoms with Crippen LogP contribution in [0.15, 0.2) is 54.6 Å². The van der Waals surface area contributed by atoms with E-state index in [4.69, 9.17) is 4.74 Å². The molecular formula is C21H26N2O3. The molecule has 1 unspecified atom stereocenters. The number of esters is 1. The average Bonchev–Trinajstić information content (AvgIpc) is 2.66. The maximum Gasteiger partial charge on any atom is 0.338 e. The highest BCUT2D eigenvalue weighted by atomic mass is 16.5. The van der Waals surface area contributed by atoms with E-state index in [1.54, 1.807) is 12.1 Å². The highest BCUT2D eigenvalue weighted by Crippen LogP contribution is 2.18. The number of hydrogen-bond donors (Lipinski definition) is 1. The molecule has 0 bridgehead atoms. The van der Waals surface area contributed by atoms with Gasteiger partial charge in [-0.15, -0.1) is 0 Å². The highest BCUT2D eigenvalue weighted by Gasteiger charge is 2.15. The maximum absolute atomic E-state index is 12.2. The van der Waals surface area contributed by atoms with Crippen LogP contribution in [0, 0.1) is 0 Å². The molecule has 1 atom stereocenters. The number of carbonyl (C=O) groups excluding carboxylic acids is 2. The Morgan fingerprint density at radius 2 is 1.69 bits per heavy atom. The Balaban J connectivity index is 1.89. The predicted molar refractivity (Wildman–Crippen MR) is 103 cm³/mol. The standard InChI is InChI=1S/C21H26N2O3/c1-4-8-19(16-9-6-5-7-10-16)22-20(24)15-26-21(25)17-11-13-18(14-12-17)23(2)3/h5-7,9-14,19H,4,8,15H2,1-3H3,(H,22,24). The molecule has 0 saturated carbocycles. The summed E-state index contributed by atoms with van der Waals surface area (Å²) in [6.07, 6.45) is 1.77. The molecule has 0 fully saturated rings. The minimum atomic E-state index is -0.503. The van der Waals surface area contributed by atoms with Gasteiger partial charge in [-0.05, 0) is 36.2 Å². The van der Waals surface area contributed by atoms with Crippen LogP contribution in [0.4, 0.5) is 5.69 Å². The molecule has 5 heteroatoms. The molecule has 0 saturated heterocycles. The molecule has 0 aliphatic rings. The molecule has 0 heterocycles. The van der Waals surface area contributed by atoms with E-state index in [2.05, 4.69) is 12.2 Å². The number of carbonyl (C=O) groups is 2. The summed E-state index contributed by atoms with van der Waals surface area (Å²) < 4.78 is 5.14. The number of nitrogens with one attached hydrogen (secondary N) is 1. The first-order chi connectivity index (χ1) is 12.5. The average molecular weight is 354 g/mol. The maximum atomic E-state index is 12.2. The minimum Gasteiger partial charge on any atom is -0.452 e. The molecule has 5 nitrogen and oxygen atoms in total. The van der Waals surface area contributed by atoms with Gasteiger partial charge < -0.3 is 15.0 Å². The summed E-state index contributed by atoms with van der Waals surface area (Å²) >= 11 is 0. The summed E-state index contributed by atoms with van der Waals surface area (Å²) in [4.78, 5) is 26.2. The van der Waals surface area contributed by atoms with E-state index in [0.29, 0.717) is 5.56 Å². The smallest absolute Gasteiger partial charge is 0.338 e. The number of ether oxygens (including phenoxy) is 1. The summed E-state index contributed by atoms with van der Waals surface area (Å²) in [7, 11) is 3.86. The molecule has 2 aromatic carbocycles. The number of nitrogens with zero attached hydrogens (tertiary/aromatic N) is 1. The van der Waals surface area contributed by atoms with Gasteiger partial charge in [0.2, 0.25) is 0 Å². The van der Waals surface area contributed by atoms with Crippen molar-refractivity contribution in [2.75, 3.05) is 25.6 Å². The van der Waals surface area contributed by atoms with Crippen LogP contribution in [0.5, 0.6) is 0 Å². The lowest BCUT2D eigenvalue weighted by molar-refractivity contribution is -0.125. The monoisotopic (exact) mass is 354 g/mol. The van der Waals surface area contributed by atoms with Gasteiger partial charge in [-0.3, -0.25) is 4.79 Å². The van der Waals surface area contributed by atoms with Gasteiger partial charge in [-0.25, -0.2) is 4.79 Å². The molecule has 1 amide bonds. The number of hydrogen-bond acceptors (Lipinski definition) is 4. The van der Waals surface area contributed by atoms with Crippen molar-refractivity contribution in [2.45, 2.75) is 25.8 Å². The molecule has 2 rings (SSSR count). The number of anilines is 1. The fourth-order valence-electron chi connectivity index (χ4n) is 2.64. The second-order valence-corrected chi connectivity index (χ2v) is 6.34. The summed E-state index contributed by atoms with van der Waals surface area (Å²) in [6, 6.07) is 16.8. The molecular weight excluding hydrogens is 328 g/mol. The topological polar surface area (TPSA) is 58.6 Å². The Morgan fingerprint density at radius 1 is 1.04 bits per heavy atom. The third-order valence-corrected chi connectivity index (χ3v) is 4.07. The molecule has 0 aliphatic carbocycles. The van der Waals surface area contributed by atoms with Crippen LogP contribution in [0.2, 0.25) is 0 Å². The van der Waals surface area contributed by atoms with Crippen molar-refractivity contribution in [3.05, 3.63) is 65.7 Å². The first-order valence-electron chi connectivity index (χ1n) is 8.80. The van der Waals surface area contributed by atoms with Crippen LogP contribution in [0.1, 0.15) is 41.7 Å². The third-order valence-electron chi connectivity index (χ3n) is 4.07. The van der Waals surface area contributed by atoms with Crippen LogP contribution >= 0.6 is 0 Å². The van der Waals surface area contributed by atoms with Crippen molar-refractivity contribution in [1.29, 1.82) is 0 Å². The lowest BCUT2D eigenvalue weighted by Crippen LogP contribution is -2.32. The minimum absolute atomic E-state index is 0.0771. The van der Waals surface area contributed by atoms with Crippen LogP contribution in [0.25, 0.3) is 0 Å². The number of rotatable bonds is 8. The van der Waals surface area contributed by atoms with Gasteiger partial charge in [0.1, 0.15) is 0 Å². The molecule has 1 N–H and O–H groups in total. The van der Waals surface area contributed by atoms with Gasteiger partial charge in [0.25, 0.3) is 5.91 Å². The van der Waals surface area contributed by atoms with Crippen molar-refractivity contribution in [2.24, 2.45) is 0 Å². The van der Waals surface area contributed by atoms with E-state index in [9.17, 15) is 9.59 Å². The van der Waals surface area contributed by atoms with Gasteiger partial charge in [-0.1, -0.05) is 43.7 Å².